The third-order valence-electron chi connectivity index (χ3n) is 2.37. The van der Waals surface area contributed by atoms with Gasteiger partial charge in [-0.2, -0.15) is 5.26 Å². The van der Waals surface area contributed by atoms with Crippen LogP contribution < -0.4 is 5.32 Å². The van der Waals surface area contributed by atoms with Gasteiger partial charge in [-0.25, -0.2) is 0 Å². The fourth-order valence-corrected chi connectivity index (χ4v) is 1.43. The molecule has 1 rings (SSSR count). The maximum atomic E-state index is 8.61. The van der Waals surface area contributed by atoms with Gasteiger partial charge in [-0.3, -0.25) is 5.32 Å². The number of nitrogens with one attached hydrogen (secondary N) is 1. The lowest BCUT2D eigenvalue weighted by Crippen LogP contribution is -2.23. The van der Waals surface area contributed by atoms with Crippen LogP contribution in [0.3, 0.4) is 0 Å². The zero-order valence-corrected chi connectivity index (χ0v) is 9.46. The fourth-order valence-electron chi connectivity index (χ4n) is 1.43. The first kappa shape index (κ1) is 11.7. The molecule has 0 saturated heterocycles. The molecule has 1 aromatic rings. The molecule has 80 valence electrons. The largest absolute Gasteiger partial charge is 0.298 e. The average Bonchev–Trinajstić information content (AvgIpc) is 2.28. The fraction of sp³-hybridized carbons (Fsp3) is 0.462. The first-order valence-corrected chi connectivity index (χ1v) is 5.47. The predicted octanol–water partition coefficient (Wildman–Crippen LogP) is 2.64. The summed E-state index contributed by atoms with van der Waals surface area (Å²) in [7, 11) is 0. The van der Waals surface area contributed by atoms with E-state index in [1.807, 2.05) is 6.92 Å². The molecule has 0 bridgehead atoms. The Morgan fingerprint density at radius 3 is 2.40 bits per heavy atom. The molecule has 0 saturated carbocycles. The lowest BCUT2D eigenvalue weighted by Gasteiger charge is -2.06. The number of nitrogens with zero attached hydrogens (tertiary/aromatic N) is 1. The molecule has 0 aromatic heterocycles. The van der Waals surface area contributed by atoms with Crippen molar-refractivity contribution in [3.8, 4) is 6.07 Å². The van der Waals surface area contributed by atoms with Gasteiger partial charge < -0.3 is 0 Å². The van der Waals surface area contributed by atoms with Crippen molar-refractivity contribution in [3.63, 3.8) is 0 Å². The molecule has 0 aliphatic carbocycles. The van der Waals surface area contributed by atoms with Gasteiger partial charge in [0.2, 0.25) is 0 Å². The summed E-state index contributed by atoms with van der Waals surface area (Å²) in [5.41, 5.74) is 2.62. The van der Waals surface area contributed by atoms with Crippen LogP contribution >= 0.6 is 0 Å². The molecule has 1 aromatic carbocycles. The molecule has 15 heavy (non-hydrogen) atoms. The topological polar surface area (TPSA) is 35.8 Å². The van der Waals surface area contributed by atoms with Crippen LogP contribution in [0.25, 0.3) is 0 Å². The van der Waals surface area contributed by atoms with Crippen LogP contribution in [-0.4, -0.2) is 6.04 Å². The highest BCUT2D eigenvalue weighted by Crippen LogP contribution is 2.06. The van der Waals surface area contributed by atoms with Gasteiger partial charge >= 0.3 is 0 Å². The minimum atomic E-state index is -0.0830. The zero-order valence-electron chi connectivity index (χ0n) is 9.46. The maximum Gasteiger partial charge on any atom is 0.0927 e. The summed E-state index contributed by atoms with van der Waals surface area (Å²) < 4.78 is 0. The number of hydrogen-bond acceptors (Lipinski definition) is 2. The van der Waals surface area contributed by atoms with E-state index in [0.29, 0.717) is 0 Å². The number of hydrogen-bond donors (Lipinski definition) is 1. The highest BCUT2D eigenvalue weighted by atomic mass is 14.9. The highest BCUT2D eigenvalue weighted by Gasteiger charge is 1.98. The van der Waals surface area contributed by atoms with Crippen LogP contribution in [-0.2, 0) is 13.0 Å². The molecule has 2 heteroatoms. The lowest BCUT2D eigenvalue weighted by atomic mass is 10.1. The Balaban J connectivity index is 2.46. The van der Waals surface area contributed by atoms with Crippen molar-refractivity contribution in [2.75, 3.05) is 0 Å². The predicted molar refractivity (Wildman–Crippen MR) is 62.4 cm³/mol. The Labute approximate surface area is 91.9 Å². The van der Waals surface area contributed by atoms with Crippen LogP contribution in [0.15, 0.2) is 24.3 Å². The van der Waals surface area contributed by atoms with Crippen molar-refractivity contribution in [2.24, 2.45) is 0 Å². The first-order valence-electron chi connectivity index (χ1n) is 5.47. The summed E-state index contributed by atoms with van der Waals surface area (Å²) in [6.45, 7) is 4.82. The van der Waals surface area contributed by atoms with Gasteiger partial charge in [0.15, 0.2) is 0 Å². The molecule has 0 amide bonds. The van der Waals surface area contributed by atoms with Crippen LogP contribution in [0.5, 0.6) is 0 Å². The maximum absolute atomic E-state index is 8.61. The second kappa shape index (κ2) is 6.21. The van der Waals surface area contributed by atoms with Gasteiger partial charge in [-0.15, -0.1) is 0 Å². The van der Waals surface area contributed by atoms with E-state index in [4.69, 9.17) is 5.26 Å². The van der Waals surface area contributed by atoms with Gasteiger partial charge in [-0.05, 0) is 24.5 Å². The standard InChI is InChI=1S/C13H18N2/c1-3-4-12-5-7-13(8-6-12)10-15-11(2)9-14/h5-8,11,15H,3-4,10H2,1-2H3. The monoisotopic (exact) mass is 202 g/mol. The van der Waals surface area contributed by atoms with E-state index in [9.17, 15) is 0 Å². The summed E-state index contributed by atoms with van der Waals surface area (Å²) in [4.78, 5) is 0. The Kier molecular flexibility index (Phi) is 4.86. The Bertz CT molecular complexity index is 321. The third kappa shape index (κ3) is 4.14. The molecule has 0 heterocycles. The number of rotatable bonds is 5. The van der Waals surface area contributed by atoms with Crippen LogP contribution in [0, 0.1) is 11.3 Å². The lowest BCUT2D eigenvalue weighted by molar-refractivity contribution is 0.642. The first-order chi connectivity index (χ1) is 7.26. The van der Waals surface area contributed by atoms with Crippen LogP contribution in [0.1, 0.15) is 31.4 Å². The molecule has 1 N–H and O–H groups in total. The van der Waals surface area contributed by atoms with Gasteiger partial charge in [0.25, 0.3) is 0 Å². The number of benzene rings is 1. The second-order valence-corrected chi connectivity index (χ2v) is 3.80. The van der Waals surface area contributed by atoms with E-state index in [0.717, 1.165) is 13.0 Å². The molecule has 1 atom stereocenters. The van der Waals surface area contributed by atoms with Crippen molar-refractivity contribution in [3.05, 3.63) is 35.4 Å². The summed E-state index contributed by atoms with van der Waals surface area (Å²) in [5.74, 6) is 0. The quantitative estimate of drug-likeness (QED) is 0.796. The van der Waals surface area contributed by atoms with Crippen LogP contribution in [0.2, 0.25) is 0 Å². The van der Waals surface area contributed by atoms with Crippen molar-refractivity contribution >= 4 is 0 Å². The average molecular weight is 202 g/mol. The molecular weight excluding hydrogens is 184 g/mol. The van der Waals surface area contributed by atoms with E-state index in [2.05, 4.69) is 42.6 Å². The Morgan fingerprint density at radius 2 is 1.87 bits per heavy atom. The molecule has 0 aliphatic heterocycles. The molecule has 0 aliphatic rings. The summed E-state index contributed by atoms with van der Waals surface area (Å²) in [6.07, 6.45) is 2.32. The summed E-state index contributed by atoms with van der Waals surface area (Å²) in [5, 5.41) is 11.8. The summed E-state index contributed by atoms with van der Waals surface area (Å²) >= 11 is 0. The highest BCUT2D eigenvalue weighted by molar-refractivity contribution is 5.22. The minimum absolute atomic E-state index is 0.0830. The molecular formula is C13H18N2. The van der Waals surface area contributed by atoms with E-state index < -0.39 is 0 Å². The van der Waals surface area contributed by atoms with Gasteiger partial charge in [0.1, 0.15) is 0 Å². The second-order valence-electron chi connectivity index (χ2n) is 3.80. The Hall–Kier alpha value is -1.33. The molecule has 0 spiro atoms. The molecule has 1 unspecified atom stereocenters. The van der Waals surface area contributed by atoms with E-state index in [1.165, 1.54) is 17.5 Å². The van der Waals surface area contributed by atoms with E-state index >= 15 is 0 Å². The van der Waals surface area contributed by atoms with Gasteiger partial charge in [-0.1, -0.05) is 37.6 Å². The minimum Gasteiger partial charge on any atom is -0.298 e. The van der Waals surface area contributed by atoms with Crippen LogP contribution in [0.4, 0.5) is 0 Å². The van der Waals surface area contributed by atoms with Gasteiger partial charge in [0.05, 0.1) is 12.1 Å². The number of nitriles is 1. The van der Waals surface area contributed by atoms with Crippen molar-refractivity contribution in [1.29, 1.82) is 5.26 Å². The van der Waals surface area contributed by atoms with E-state index in [-0.39, 0.29) is 6.04 Å². The van der Waals surface area contributed by atoms with Crippen molar-refractivity contribution in [2.45, 2.75) is 39.3 Å². The smallest absolute Gasteiger partial charge is 0.0927 e. The SMILES string of the molecule is CCCc1ccc(CNC(C)C#N)cc1. The third-order valence-corrected chi connectivity index (χ3v) is 2.37. The van der Waals surface area contributed by atoms with Crippen molar-refractivity contribution in [1.82, 2.24) is 5.32 Å². The van der Waals surface area contributed by atoms with E-state index in [1.54, 1.807) is 0 Å². The molecule has 2 nitrogen and oxygen atoms in total. The molecule has 0 radical (unpaired) electrons. The number of aryl methyl sites for hydroxylation is 1. The van der Waals surface area contributed by atoms with Crippen molar-refractivity contribution < 1.29 is 0 Å². The summed E-state index contributed by atoms with van der Waals surface area (Å²) in [6, 6.07) is 10.7. The Morgan fingerprint density at radius 1 is 1.27 bits per heavy atom. The van der Waals surface area contributed by atoms with Gasteiger partial charge in [0, 0.05) is 6.54 Å². The molecule has 0 fully saturated rings. The normalized spacial score (nSPS) is 12.1. The zero-order chi connectivity index (χ0) is 11.1.